The first-order chi connectivity index (χ1) is 17.9. The highest BCUT2D eigenvalue weighted by atomic mass is 19.1. The van der Waals surface area contributed by atoms with Gasteiger partial charge in [0.05, 0.1) is 17.0 Å². The molecular formula is C29H24F2N4O2. The second-order valence-corrected chi connectivity index (χ2v) is 8.74. The molecule has 0 aliphatic rings. The second-order valence-electron chi connectivity index (χ2n) is 8.74. The van der Waals surface area contributed by atoms with Crippen LogP contribution in [0.25, 0.3) is 16.8 Å². The van der Waals surface area contributed by atoms with Crippen LogP contribution >= 0.6 is 0 Å². The Morgan fingerprint density at radius 2 is 1.76 bits per heavy atom. The van der Waals surface area contributed by atoms with E-state index in [1.807, 2.05) is 36.4 Å². The number of ketones is 1. The third kappa shape index (κ3) is 4.95. The highest BCUT2D eigenvalue weighted by Gasteiger charge is 2.21. The summed E-state index contributed by atoms with van der Waals surface area (Å²) >= 11 is 0. The number of Topliss-reactive ketones (excluding diaryl/α,β-unsaturated/α-hetero) is 1. The lowest BCUT2D eigenvalue weighted by Gasteiger charge is -2.11. The highest BCUT2D eigenvalue weighted by molar-refractivity contribution is 5.97. The summed E-state index contributed by atoms with van der Waals surface area (Å²) in [5, 5.41) is 0. The lowest BCUT2D eigenvalue weighted by molar-refractivity contribution is 0.0976. The Kier molecular flexibility index (Phi) is 6.72. The van der Waals surface area contributed by atoms with Crippen molar-refractivity contribution >= 4 is 11.4 Å². The van der Waals surface area contributed by atoms with Crippen LogP contribution in [-0.2, 0) is 13.0 Å². The summed E-state index contributed by atoms with van der Waals surface area (Å²) in [6.07, 6.45) is 6.05. The summed E-state index contributed by atoms with van der Waals surface area (Å²) in [5.41, 5.74) is 4.73. The molecule has 0 fully saturated rings. The number of aryl methyl sites for hydroxylation is 3. The van der Waals surface area contributed by atoms with Gasteiger partial charge in [-0.3, -0.25) is 14.2 Å². The van der Waals surface area contributed by atoms with Gasteiger partial charge < -0.3 is 4.74 Å². The Morgan fingerprint density at radius 3 is 2.51 bits per heavy atom. The molecule has 2 aromatic carbocycles. The fourth-order valence-electron chi connectivity index (χ4n) is 4.40. The van der Waals surface area contributed by atoms with Gasteiger partial charge in [-0.05, 0) is 49.6 Å². The molecule has 5 aromatic rings. The standard InChI is InChI=1S/C29H24F2N4O2/c1-18-16-35-27(26(36)13-12-20-7-3-4-9-22(20)21-8-6-14-32-15-21)19(2)34-28(35)29(33-18)37-17-23-24(30)10-5-11-25(23)31/h3-11,14-16H,12-13,17H2,1-2H3. The van der Waals surface area contributed by atoms with Crippen molar-refractivity contribution in [2.75, 3.05) is 0 Å². The maximum absolute atomic E-state index is 14.1. The first-order valence-electron chi connectivity index (χ1n) is 11.9. The van der Waals surface area contributed by atoms with Crippen LogP contribution in [0.15, 0.2) is 73.2 Å². The van der Waals surface area contributed by atoms with Crippen LogP contribution in [0, 0.1) is 25.5 Å². The molecule has 37 heavy (non-hydrogen) atoms. The minimum Gasteiger partial charge on any atom is -0.470 e. The fourth-order valence-corrected chi connectivity index (χ4v) is 4.40. The van der Waals surface area contributed by atoms with Crippen molar-refractivity contribution in [1.82, 2.24) is 19.4 Å². The number of benzene rings is 2. The molecule has 3 heterocycles. The smallest absolute Gasteiger partial charge is 0.258 e. The monoisotopic (exact) mass is 498 g/mol. The van der Waals surface area contributed by atoms with Crippen molar-refractivity contribution in [3.8, 4) is 17.0 Å². The van der Waals surface area contributed by atoms with Crippen molar-refractivity contribution in [2.24, 2.45) is 0 Å². The minimum atomic E-state index is -0.703. The fraction of sp³-hybridized carbons (Fsp3) is 0.172. The average molecular weight is 499 g/mol. The van der Waals surface area contributed by atoms with Crippen molar-refractivity contribution < 1.29 is 18.3 Å². The Balaban J connectivity index is 1.41. The van der Waals surface area contributed by atoms with E-state index in [9.17, 15) is 13.6 Å². The molecule has 0 saturated heterocycles. The van der Waals surface area contributed by atoms with Crippen LogP contribution < -0.4 is 4.74 Å². The lowest BCUT2D eigenvalue weighted by Crippen LogP contribution is -2.09. The van der Waals surface area contributed by atoms with Crippen molar-refractivity contribution in [1.29, 1.82) is 0 Å². The SMILES string of the molecule is Cc1cn2c(C(=O)CCc3ccccc3-c3cccnc3)c(C)nc2c(OCc2c(F)cccc2F)n1. The molecule has 8 heteroatoms. The topological polar surface area (TPSA) is 69.4 Å². The van der Waals surface area contributed by atoms with E-state index >= 15 is 0 Å². The third-order valence-corrected chi connectivity index (χ3v) is 6.16. The summed E-state index contributed by atoms with van der Waals surface area (Å²) < 4.78 is 35.5. The molecule has 0 unspecified atom stereocenters. The van der Waals surface area contributed by atoms with Crippen LogP contribution in [0.1, 0.15) is 39.4 Å². The van der Waals surface area contributed by atoms with Crippen LogP contribution in [0.5, 0.6) is 5.88 Å². The summed E-state index contributed by atoms with van der Waals surface area (Å²) in [5.74, 6) is -1.38. The zero-order chi connectivity index (χ0) is 25.9. The van der Waals surface area contributed by atoms with E-state index in [4.69, 9.17) is 4.74 Å². The number of hydrogen-bond acceptors (Lipinski definition) is 5. The van der Waals surface area contributed by atoms with Crippen molar-refractivity contribution in [2.45, 2.75) is 33.3 Å². The third-order valence-electron chi connectivity index (χ3n) is 6.16. The molecule has 0 bridgehead atoms. The van der Waals surface area contributed by atoms with Gasteiger partial charge in [0.1, 0.15) is 23.9 Å². The molecule has 0 amide bonds. The van der Waals surface area contributed by atoms with E-state index in [0.717, 1.165) is 16.7 Å². The number of carbonyl (C=O) groups excluding carboxylic acids is 1. The maximum Gasteiger partial charge on any atom is 0.258 e. The normalized spacial score (nSPS) is 11.1. The van der Waals surface area contributed by atoms with Crippen LogP contribution in [-0.4, -0.2) is 25.1 Å². The van der Waals surface area contributed by atoms with E-state index in [-0.39, 0.29) is 30.3 Å². The first kappa shape index (κ1) is 24.2. The van der Waals surface area contributed by atoms with Crippen LogP contribution in [0.3, 0.4) is 0 Å². The number of ether oxygens (including phenoxy) is 1. The van der Waals surface area contributed by atoms with Gasteiger partial charge in [0.15, 0.2) is 5.78 Å². The number of nitrogens with zero attached hydrogens (tertiary/aromatic N) is 4. The van der Waals surface area contributed by atoms with Gasteiger partial charge in [-0.1, -0.05) is 36.4 Å². The zero-order valence-corrected chi connectivity index (χ0v) is 20.4. The molecule has 186 valence electrons. The van der Waals surface area contributed by atoms with E-state index in [1.54, 1.807) is 36.8 Å². The summed E-state index contributed by atoms with van der Waals surface area (Å²) in [6.45, 7) is 3.15. The van der Waals surface area contributed by atoms with Gasteiger partial charge >= 0.3 is 0 Å². The summed E-state index contributed by atoms with van der Waals surface area (Å²) in [6, 6.07) is 15.5. The van der Waals surface area contributed by atoms with E-state index in [0.29, 0.717) is 29.1 Å². The van der Waals surface area contributed by atoms with Gasteiger partial charge in [-0.2, -0.15) is 0 Å². The van der Waals surface area contributed by atoms with Gasteiger partial charge in [0, 0.05) is 30.6 Å². The summed E-state index contributed by atoms with van der Waals surface area (Å²) in [7, 11) is 0. The summed E-state index contributed by atoms with van der Waals surface area (Å²) in [4.78, 5) is 26.5. The molecule has 0 aliphatic carbocycles. The average Bonchev–Trinajstić information content (AvgIpc) is 3.23. The molecule has 0 radical (unpaired) electrons. The van der Waals surface area contributed by atoms with Crippen molar-refractivity contribution in [3.63, 3.8) is 0 Å². The number of carbonyl (C=O) groups is 1. The molecule has 5 rings (SSSR count). The van der Waals surface area contributed by atoms with Crippen molar-refractivity contribution in [3.05, 3.63) is 113 Å². The number of hydrogen-bond donors (Lipinski definition) is 0. The Morgan fingerprint density at radius 1 is 0.973 bits per heavy atom. The molecule has 0 N–H and O–H groups in total. The van der Waals surface area contributed by atoms with E-state index in [1.165, 1.54) is 18.2 Å². The van der Waals surface area contributed by atoms with Gasteiger partial charge in [0.2, 0.25) is 5.65 Å². The molecule has 0 aliphatic heterocycles. The molecule has 3 aromatic heterocycles. The Labute approximate surface area is 212 Å². The molecule has 6 nitrogen and oxygen atoms in total. The predicted molar refractivity (Wildman–Crippen MR) is 135 cm³/mol. The molecule has 0 spiro atoms. The highest BCUT2D eigenvalue weighted by Crippen LogP contribution is 2.27. The predicted octanol–water partition coefficient (Wildman–Crippen LogP) is 6.08. The number of pyridine rings is 1. The van der Waals surface area contributed by atoms with Gasteiger partial charge in [0.25, 0.3) is 5.88 Å². The first-order valence-corrected chi connectivity index (χ1v) is 11.9. The minimum absolute atomic E-state index is 0.0808. The van der Waals surface area contributed by atoms with Crippen LogP contribution in [0.4, 0.5) is 8.78 Å². The molecule has 0 atom stereocenters. The van der Waals surface area contributed by atoms with Crippen LogP contribution in [0.2, 0.25) is 0 Å². The number of halogens is 2. The van der Waals surface area contributed by atoms with Gasteiger partial charge in [-0.25, -0.2) is 18.7 Å². The number of aromatic nitrogens is 4. The second kappa shape index (κ2) is 10.3. The largest absolute Gasteiger partial charge is 0.470 e. The number of rotatable bonds is 8. The van der Waals surface area contributed by atoms with Gasteiger partial charge in [-0.15, -0.1) is 0 Å². The lowest BCUT2D eigenvalue weighted by atomic mass is 9.96. The van der Waals surface area contributed by atoms with E-state index in [2.05, 4.69) is 15.0 Å². The molecule has 0 saturated carbocycles. The Hall–Kier alpha value is -4.46. The quantitative estimate of drug-likeness (QED) is 0.243. The van der Waals surface area contributed by atoms with E-state index < -0.39 is 11.6 Å². The zero-order valence-electron chi connectivity index (χ0n) is 20.4. The number of imidazole rings is 1. The molecular weight excluding hydrogens is 474 g/mol. The maximum atomic E-state index is 14.1. The number of fused-ring (bicyclic) bond motifs is 1. The Bertz CT molecular complexity index is 1580.